The highest BCUT2D eigenvalue weighted by Gasteiger charge is 2.21. The lowest BCUT2D eigenvalue weighted by Gasteiger charge is -2.15. The molecule has 0 spiro atoms. The van der Waals surface area contributed by atoms with Gasteiger partial charge in [-0.05, 0) is 12.8 Å². The largest absolute Gasteiger partial charge is 0.274 e. The maximum absolute atomic E-state index is 12.1. The molecule has 0 atom stereocenters. The molecule has 0 N–H and O–H groups in total. The van der Waals surface area contributed by atoms with Crippen molar-refractivity contribution in [3.05, 3.63) is 12.4 Å². The molecule has 0 saturated heterocycles. The van der Waals surface area contributed by atoms with Crippen molar-refractivity contribution < 1.29 is 8.42 Å². The van der Waals surface area contributed by atoms with Crippen molar-refractivity contribution >= 4 is 21.6 Å². The van der Waals surface area contributed by atoms with E-state index < -0.39 is 10.0 Å². The summed E-state index contributed by atoms with van der Waals surface area (Å²) in [6.07, 6.45) is 5.55. The normalized spacial score (nSPS) is 12.2. The Morgan fingerprint density at radius 3 is 2.65 bits per heavy atom. The summed E-state index contributed by atoms with van der Waals surface area (Å²) in [6.45, 7) is 0.508. The molecule has 1 rings (SSSR count). The van der Waals surface area contributed by atoms with E-state index in [1.807, 2.05) is 0 Å². The van der Waals surface area contributed by atoms with Gasteiger partial charge in [-0.25, -0.2) is 12.7 Å². The molecule has 0 aromatic carbocycles. The van der Waals surface area contributed by atoms with Gasteiger partial charge in [-0.1, -0.05) is 6.42 Å². The third-order valence-corrected chi connectivity index (χ3v) is 4.57. The number of alkyl halides is 1. The zero-order chi connectivity index (χ0) is 12.9. The van der Waals surface area contributed by atoms with Gasteiger partial charge in [0.1, 0.15) is 4.90 Å². The van der Waals surface area contributed by atoms with Crippen molar-refractivity contribution in [3.8, 4) is 0 Å². The summed E-state index contributed by atoms with van der Waals surface area (Å²) in [7, 11) is -0.108. The lowest BCUT2D eigenvalue weighted by Crippen LogP contribution is -2.27. The van der Waals surface area contributed by atoms with Gasteiger partial charge >= 0.3 is 0 Å². The van der Waals surface area contributed by atoms with Crippen molar-refractivity contribution in [1.29, 1.82) is 0 Å². The molecule has 1 aromatic heterocycles. The van der Waals surface area contributed by atoms with Gasteiger partial charge in [-0.3, -0.25) is 4.68 Å². The summed E-state index contributed by atoms with van der Waals surface area (Å²) in [5.41, 5.74) is 0. The Balaban J connectivity index is 2.58. The molecule has 1 aromatic rings. The number of aryl methyl sites for hydroxylation is 1. The second-order valence-corrected chi connectivity index (χ2v) is 6.35. The molecule has 0 aliphatic heterocycles. The van der Waals surface area contributed by atoms with E-state index in [-0.39, 0.29) is 4.90 Å². The fraction of sp³-hybridized carbons (Fsp3) is 0.700. The number of hydrogen-bond donors (Lipinski definition) is 0. The van der Waals surface area contributed by atoms with E-state index >= 15 is 0 Å². The fourth-order valence-electron chi connectivity index (χ4n) is 1.44. The molecule has 0 fully saturated rings. The molecule has 0 saturated carbocycles. The molecule has 17 heavy (non-hydrogen) atoms. The summed E-state index contributed by atoms with van der Waals surface area (Å²) >= 11 is 5.56. The predicted molar refractivity (Wildman–Crippen MR) is 67.6 cm³/mol. The van der Waals surface area contributed by atoms with Gasteiger partial charge in [0.25, 0.3) is 0 Å². The third kappa shape index (κ3) is 3.97. The predicted octanol–water partition coefficient (Wildman–Crippen LogP) is 1.45. The molecule has 7 heteroatoms. The van der Waals surface area contributed by atoms with E-state index in [1.165, 1.54) is 21.4 Å². The van der Waals surface area contributed by atoms with Crippen LogP contribution < -0.4 is 0 Å². The third-order valence-electron chi connectivity index (χ3n) is 2.50. The zero-order valence-corrected chi connectivity index (χ0v) is 11.7. The Bertz CT molecular complexity index is 444. The van der Waals surface area contributed by atoms with Gasteiger partial charge in [0.2, 0.25) is 10.0 Å². The standard InChI is InChI=1S/C10H18ClN3O2S/c1-13-9-10(8-12-13)17(15,16)14(2)7-5-3-4-6-11/h8-9H,3-7H2,1-2H3. The quantitative estimate of drug-likeness (QED) is 0.561. The summed E-state index contributed by atoms with van der Waals surface area (Å²) in [4.78, 5) is 0.236. The van der Waals surface area contributed by atoms with E-state index in [2.05, 4.69) is 5.10 Å². The average molecular weight is 280 g/mol. The number of aromatic nitrogens is 2. The fourth-order valence-corrected chi connectivity index (χ4v) is 2.82. The summed E-state index contributed by atoms with van der Waals surface area (Å²) in [6, 6.07) is 0. The lowest BCUT2D eigenvalue weighted by molar-refractivity contribution is 0.454. The van der Waals surface area contributed by atoms with Gasteiger partial charge in [0, 0.05) is 32.7 Å². The molecule has 0 amide bonds. The van der Waals surface area contributed by atoms with Crippen LogP contribution >= 0.6 is 11.6 Å². The van der Waals surface area contributed by atoms with E-state index in [0.29, 0.717) is 12.4 Å². The highest BCUT2D eigenvalue weighted by molar-refractivity contribution is 7.89. The van der Waals surface area contributed by atoms with Crippen LogP contribution in [0.1, 0.15) is 19.3 Å². The minimum Gasteiger partial charge on any atom is -0.274 e. The van der Waals surface area contributed by atoms with Crippen LogP contribution in [0.5, 0.6) is 0 Å². The SMILES string of the molecule is CN(CCCCCCl)S(=O)(=O)c1cnn(C)c1. The topological polar surface area (TPSA) is 55.2 Å². The first kappa shape index (κ1) is 14.5. The second-order valence-electron chi connectivity index (χ2n) is 3.93. The first-order chi connectivity index (χ1) is 7.98. The van der Waals surface area contributed by atoms with E-state index in [9.17, 15) is 8.42 Å². The maximum Gasteiger partial charge on any atom is 0.245 e. The Hall–Kier alpha value is -0.590. The zero-order valence-electron chi connectivity index (χ0n) is 10.1. The number of sulfonamides is 1. The van der Waals surface area contributed by atoms with Crippen LogP contribution in [0.3, 0.4) is 0 Å². The van der Waals surface area contributed by atoms with E-state index in [4.69, 9.17) is 11.6 Å². The van der Waals surface area contributed by atoms with Gasteiger partial charge in [0.05, 0.1) is 6.20 Å². The molecular formula is C10H18ClN3O2S. The number of unbranched alkanes of at least 4 members (excludes halogenated alkanes) is 2. The minimum atomic E-state index is -3.39. The van der Waals surface area contributed by atoms with Gasteiger partial charge in [0.15, 0.2) is 0 Å². The van der Waals surface area contributed by atoms with Crippen LogP contribution in [0.4, 0.5) is 0 Å². The summed E-state index contributed by atoms with van der Waals surface area (Å²) < 4.78 is 27.0. The molecule has 0 radical (unpaired) electrons. The maximum atomic E-state index is 12.1. The highest BCUT2D eigenvalue weighted by Crippen LogP contribution is 2.13. The molecule has 0 aliphatic rings. The van der Waals surface area contributed by atoms with Crippen molar-refractivity contribution in [2.45, 2.75) is 24.2 Å². The molecule has 0 aliphatic carbocycles. The Morgan fingerprint density at radius 2 is 2.12 bits per heavy atom. The van der Waals surface area contributed by atoms with Crippen molar-refractivity contribution in [3.63, 3.8) is 0 Å². The average Bonchev–Trinajstić information content (AvgIpc) is 2.71. The molecule has 0 unspecified atom stereocenters. The number of halogens is 1. The number of hydrogen-bond acceptors (Lipinski definition) is 3. The van der Waals surface area contributed by atoms with Crippen molar-refractivity contribution in [1.82, 2.24) is 14.1 Å². The van der Waals surface area contributed by atoms with Gasteiger partial charge in [-0.15, -0.1) is 11.6 Å². The Morgan fingerprint density at radius 1 is 1.41 bits per heavy atom. The molecule has 0 bridgehead atoms. The first-order valence-electron chi connectivity index (χ1n) is 5.49. The van der Waals surface area contributed by atoms with Crippen molar-refractivity contribution in [2.24, 2.45) is 7.05 Å². The Kier molecular flexibility index (Phi) is 5.42. The summed E-state index contributed by atoms with van der Waals surface area (Å²) in [5, 5.41) is 3.87. The molecule has 1 heterocycles. The highest BCUT2D eigenvalue weighted by atomic mass is 35.5. The lowest BCUT2D eigenvalue weighted by atomic mass is 10.2. The number of nitrogens with zero attached hydrogens (tertiary/aromatic N) is 3. The van der Waals surface area contributed by atoms with Gasteiger partial charge < -0.3 is 0 Å². The first-order valence-corrected chi connectivity index (χ1v) is 7.47. The monoisotopic (exact) mass is 279 g/mol. The molecule has 5 nitrogen and oxygen atoms in total. The summed E-state index contributed by atoms with van der Waals surface area (Å²) in [5.74, 6) is 0.624. The van der Waals surface area contributed by atoms with Gasteiger partial charge in [-0.2, -0.15) is 5.10 Å². The van der Waals surface area contributed by atoms with Crippen molar-refractivity contribution in [2.75, 3.05) is 19.5 Å². The van der Waals surface area contributed by atoms with Crippen LogP contribution in [-0.4, -0.2) is 42.0 Å². The smallest absolute Gasteiger partial charge is 0.245 e. The van der Waals surface area contributed by atoms with Crippen LogP contribution in [-0.2, 0) is 17.1 Å². The van der Waals surface area contributed by atoms with Crippen LogP contribution in [0, 0.1) is 0 Å². The van der Waals surface area contributed by atoms with E-state index in [1.54, 1.807) is 14.1 Å². The van der Waals surface area contributed by atoms with Crippen LogP contribution in [0.2, 0.25) is 0 Å². The van der Waals surface area contributed by atoms with Crippen LogP contribution in [0.25, 0.3) is 0 Å². The Labute approximate surface area is 107 Å². The van der Waals surface area contributed by atoms with Crippen LogP contribution in [0.15, 0.2) is 17.3 Å². The second kappa shape index (κ2) is 6.37. The number of rotatable bonds is 7. The van der Waals surface area contributed by atoms with E-state index in [0.717, 1.165) is 19.3 Å². The minimum absolute atomic E-state index is 0.236. The molecular weight excluding hydrogens is 262 g/mol. The molecule has 98 valence electrons.